The van der Waals surface area contributed by atoms with E-state index in [0.717, 1.165) is 51.0 Å². The molecule has 1 unspecified atom stereocenters. The van der Waals surface area contributed by atoms with Gasteiger partial charge in [-0.2, -0.15) is 0 Å². The average Bonchev–Trinajstić information content (AvgIpc) is 2.78. The summed E-state index contributed by atoms with van der Waals surface area (Å²) in [7, 11) is -5.67. The quantitative estimate of drug-likeness (QED) is 0.0472. The molecule has 0 heterocycles. The number of phosphoric acid groups is 1. The molecule has 0 rings (SSSR count). The highest BCUT2D eigenvalue weighted by atomic mass is 31.2. The smallest absolute Gasteiger partial charge is 0.305 e. The first-order valence-electron chi connectivity index (χ1n) is 13.3. The number of ether oxygens (including phenoxy) is 1. The zero-order valence-corrected chi connectivity index (χ0v) is 24.7. The van der Waals surface area contributed by atoms with Crippen molar-refractivity contribution in [3.63, 3.8) is 0 Å². The van der Waals surface area contributed by atoms with E-state index in [4.69, 9.17) is 13.8 Å². The standard InChI is InChI=1S/C27H51O6PSi/c1-6-7-8-9-10-11-12-13-14-15-16-17-18-19-20-21-27(28)31-24-26(2)25-33-34(29,30)32-22-23-35(3,4)5/h7-8,10-11,13-14,26H,6,9,12,15-25H2,1-5H3,(H,29,30)/p-1/b8-7-,11-10-,14-13-/t26-/m1/s1. The maximum Gasteiger partial charge on any atom is 0.305 e. The third-order valence-corrected chi connectivity index (χ3v) is 7.85. The Morgan fingerprint density at radius 2 is 1.49 bits per heavy atom. The Balaban J connectivity index is 3.66. The maximum atomic E-state index is 11.9. The Kier molecular flexibility index (Phi) is 20.5. The molecule has 8 heteroatoms. The minimum absolute atomic E-state index is 0.0535. The van der Waals surface area contributed by atoms with E-state index in [-0.39, 0.29) is 31.7 Å². The lowest BCUT2D eigenvalue weighted by molar-refractivity contribution is -0.226. The third kappa shape index (κ3) is 25.9. The first-order chi connectivity index (χ1) is 16.6. The van der Waals surface area contributed by atoms with Gasteiger partial charge in [-0.1, -0.05) is 89.2 Å². The lowest BCUT2D eigenvalue weighted by Crippen LogP contribution is -2.23. The van der Waals surface area contributed by atoms with Gasteiger partial charge < -0.3 is 18.7 Å². The fourth-order valence-corrected chi connectivity index (χ4v) is 4.68. The zero-order chi connectivity index (χ0) is 26.4. The number of rotatable bonds is 22. The summed E-state index contributed by atoms with van der Waals surface area (Å²) in [6, 6.07) is 0.752. The molecule has 2 atom stereocenters. The Morgan fingerprint density at radius 1 is 0.886 bits per heavy atom. The van der Waals surface area contributed by atoms with Crippen molar-refractivity contribution in [3.8, 4) is 0 Å². The van der Waals surface area contributed by atoms with Crippen LogP contribution in [-0.4, -0.2) is 33.9 Å². The molecule has 6 nitrogen and oxygen atoms in total. The summed E-state index contributed by atoms with van der Waals surface area (Å²) in [5.74, 6) is -0.460. The third-order valence-electron chi connectivity index (χ3n) is 5.18. The van der Waals surface area contributed by atoms with Crippen molar-refractivity contribution in [1.29, 1.82) is 0 Å². The number of allylic oxidation sites excluding steroid dienone is 6. The van der Waals surface area contributed by atoms with Crippen LogP contribution in [0.2, 0.25) is 25.7 Å². The second kappa shape index (κ2) is 21.1. The molecular formula is C27H50O6PSi-. The van der Waals surface area contributed by atoms with E-state index >= 15 is 0 Å². The minimum atomic E-state index is -4.30. The molecule has 204 valence electrons. The Labute approximate surface area is 215 Å². The van der Waals surface area contributed by atoms with Crippen molar-refractivity contribution in [2.75, 3.05) is 19.8 Å². The molecule has 0 radical (unpaired) electrons. The van der Waals surface area contributed by atoms with Gasteiger partial charge in [-0.05, 0) is 44.6 Å². The summed E-state index contributed by atoms with van der Waals surface area (Å²) < 4.78 is 26.9. The van der Waals surface area contributed by atoms with Gasteiger partial charge in [0.15, 0.2) is 0 Å². The van der Waals surface area contributed by atoms with Crippen molar-refractivity contribution >= 4 is 21.9 Å². The monoisotopic (exact) mass is 529 g/mol. The minimum Gasteiger partial charge on any atom is -0.756 e. The fourth-order valence-electron chi connectivity index (χ4n) is 2.96. The SMILES string of the molecule is CC/C=C\C/C=C\C/C=C\CCCCCCCC(=O)OC[C@@H](C)COP(=O)([O-])OCC[Si](C)(C)C. The molecule has 0 spiro atoms. The molecule has 0 aliphatic rings. The zero-order valence-electron chi connectivity index (χ0n) is 22.8. The average molecular weight is 530 g/mol. The lowest BCUT2D eigenvalue weighted by atomic mass is 10.1. The molecule has 0 aromatic rings. The van der Waals surface area contributed by atoms with E-state index in [1.807, 2.05) is 0 Å². The van der Waals surface area contributed by atoms with Crippen molar-refractivity contribution in [2.24, 2.45) is 5.92 Å². The molecule has 0 N–H and O–H groups in total. The molecule has 0 aromatic carbocycles. The largest absolute Gasteiger partial charge is 0.756 e. The summed E-state index contributed by atoms with van der Waals surface area (Å²) >= 11 is 0. The number of hydrogen-bond acceptors (Lipinski definition) is 6. The molecule has 0 bridgehead atoms. The predicted octanol–water partition coefficient (Wildman–Crippen LogP) is 7.60. The molecule has 0 fully saturated rings. The van der Waals surface area contributed by atoms with Crippen LogP contribution in [0.15, 0.2) is 36.5 Å². The molecule has 0 aliphatic heterocycles. The van der Waals surface area contributed by atoms with Gasteiger partial charge in [0.05, 0.1) is 19.8 Å². The number of unbranched alkanes of at least 4 members (excludes halogenated alkanes) is 5. The van der Waals surface area contributed by atoms with Gasteiger partial charge in [0, 0.05) is 20.4 Å². The summed E-state index contributed by atoms with van der Waals surface area (Å²) in [5, 5.41) is 0. The maximum absolute atomic E-state index is 11.9. The molecule has 0 saturated carbocycles. The van der Waals surface area contributed by atoms with Crippen molar-refractivity contribution in [2.45, 2.75) is 104 Å². The highest BCUT2D eigenvalue weighted by Gasteiger charge is 2.17. The van der Waals surface area contributed by atoms with Gasteiger partial charge in [-0.15, -0.1) is 0 Å². The second-order valence-electron chi connectivity index (χ2n) is 10.3. The van der Waals surface area contributed by atoms with E-state index in [0.29, 0.717) is 6.42 Å². The summed E-state index contributed by atoms with van der Waals surface area (Å²) in [6.07, 6.45) is 23.1. The second-order valence-corrected chi connectivity index (χ2v) is 17.3. The topological polar surface area (TPSA) is 84.9 Å². The van der Waals surface area contributed by atoms with Crippen LogP contribution in [0.25, 0.3) is 0 Å². The Bertz CT molecular complexity index is 669. The van der Waals surface area contributed by atoms with Crippen LogP contribution in [-0.2, 0) is 23.1 Å². The summed E-state index contributed by atoms with van der Waals surface area (Å²) in [5.41, 5.74) is 0. The molecular weight excluding hydrogens is 479 g/mol. The van der Waals surface area contributed by atoms with Gasteiger partial charge in [0.2, 0.25) is 0 Å². The van der Waals surface area contributed by atoms with E-state index in [1.165, 1.54) is 12.8 Å². The molecule has 0 aliphatic carbocycles. The number of hydrogen-bond donors (Lipinski definition) is 0. The van der Waals surface area contributed by atoms with E-state index in [9.17, 15) is 14.3 Å². The number of esters is 1. The molecule has 0 amide bonds. The van der Waals surface area contributed by atoms with E-state index in [1.54, 1.807) is 6.92 Å². The summed E-state index contributed by atoms with van der Waals surface area (Å²) in [6.45, 7) is 10.6. The first kappa shape index (κ1) is 34.0. The summed E-state index contributed by atoms with van der Waals surface area (Å²) in [4.78, 5) is 23.7. The van der Waals surface area contributed by atoms with E-state index < -0.39 is 15.9 Å². The normalized spacial score (nSPS) is 15.3. The van der Waals surface area contributed by atoms with Crippen molar-refractivity contribution < 1.29 is 28.0 Å². The Morgan fingerprint density at radius 3 is 2.14 bits per heavy atom. The van der Waals surface area contributed by atoms with Crippen LogP contribution >= 0.6 is 7.82 Å². The number of phosphoric ester groups is 1. The van der Waals surface area contributed by atoms with Gasteiger partial charge in [-0.25, -0.2) is 0 Å². The van der Waals surface area contributed by atoms with Crippen LogP contribution in [0.5, 0.6) is 0 Å². The van der Waals surface area contributed by atoms with Crippen LogP contribution in [0.3, 0.4) is 0 Å². The van der Waals surface area contributed by atoms with Gasteiger partial charge in [0.25, 0.3) is 7.82 Å². The van der Waals surface area contributed by atoms with Gasteiger partial charge >= 0.3 is 5.97 Å². The highest BCUT2D eigenvalue weighted by Crippen LogP contribution is 2.39. The molecule has 0 aromatic heterocycles. The highest BCUT2D eigenvalue weighted by molar-refractivity contribution is 7.45. The predicted molar refractivity (Wildman–Crippen MR) is 147 cm³/mol. The molecule has 0 saturated heterocycles. The first-order valence-corrected chi connectivity index (χ1v) is 18.4. The van der Waals surface area contributed by atoms with Crippen molar-refractivity contribution in [3.05, 3.63) is 36.5 Å². The van der Waals surface area contributed by atoms with Crippen LogP contribution in [0, 0.1) is 5.92 Å². The van der Waals surface area contributed by atoms with Crippen LogP contribution in [0.4, 0.5) is 0 Å². The molecule has 35 heavy (non-hydrogen) atoms. The van der Waals surface area contributed by atoms with Gasteiger partial charge in [-0.3, -0.25) is 9.36 Å². The van der Waals surface area contributed by atoms with Crippen LogP contribution < -0.4 is 4.89 Å². The number of carbonyl (C=O) groups is 1. The fraction of sp³-hybridized carbons (Fsp3) is 0.741. The number of carbonyl (C=O) groups excluding carboxylic acids is 1. The van der Waals surface area contributed by atoms with Gasteiger partial charge in [0.1, 0.15) is 0 Å². The van der Waals surface area contributed by atoms with Crippen LogP contribution in [0.1, 0.15) is 78.1 Å². The lowest BCUT2D eigenvalue weighted by Gasteiger charge is -2.25. The Hall–Kier alpha value is -0.983. The van der Waals surface area contributed by atoms with Crippen molar-refractivity contribution in [1.82, 2.24) is 0 Å². The van der Waals surface area contributed by atoms with E-state index in [2.05, 4.69) is 63.0 Å².